The fourth-order valence-electron chi connectivity index (χ4n) is 3.94. The first-order chi connectivity index (χ1) is 13.1. The predicted octanol–water partition coefficient (Wildman–Crippen LogP) is 3.63. The van der Waals surface area contributed by atoms with Gasteiger partial charge in [0.1, 0.15) is 0 Å². The van der Waals surface area contributed by atoms with E-state index in [0.29, 0.717) is 0 Å². The fraction of sp³-hybridized carbons (Fsp3) is 0.120. The molecule has 4 rings (SSSR count). The van der Waals surface area contributed by atoms with Crippen LogP contribution in [0.15, 0.2) is 91.0 Å². The first-order valence-corrected chi connectivity index (χ1v) is 20.1. The normalized spacial score (nSPS) is 11.7. The van der Waals surface area contributed by atoms with Crippen molar-refractivity contribution in [3.63, 3.8) is 0 Å². The summed E-state index contributed by atoms with van der Waals surface area (Å²) in [6.07, 6.45) is 0. The number of fused-ring (bicyclic) bond motifs is 1. The zero-order valence-corrected chi connectivity index (χ0v) is 21.1. The summed E-state index contributed by atoms with van der Waals surface area (Å²) in [4.78, 5) is 5.10. The predicted molar refractivity (Wildman–Crippen MR) is 123 cm³/mol. The Morgan fingerprint density at radius 2 is 1.26 bits per heavy atom. The van der Waals surface area contributed by atoms with E-state index in [-0.39, 0.29) is 15.4 Å². The van der Waals surface area contributed by atoms with Gasteiger partial charge in [-0.3, -0.25) is 0 Å². The third kappa shape index (κ3) is 3.74. The summed E-state index contributed by atoms with van der Waals surface area (Å²) in [5.74, 6) is 0. The number of rotatable bonds is 4. The average molecular weight is 516 g/mol. The molecule has 0 N–H and O–H groups in total. The summed E-state index contributed by atoms with van der Waals surface area (Å²) in [6, 6.07) is 33.8. The SMILES string of the molecule is Cc1[c]([Ge][c]2cccc3ccccc23)ccc[c]1[Sn]([CH3])([CH3])[c]1ccccc1. The Hall–Kier alpha value is -1.52. The average Bonchev–Trinajstić information content (AvgIpc) is 2.70. The van der Waals surface area contributed by atoms with Crippen LogP contribution >= 0.6 is 0 Å². The molecule has 0 bridgehead atoms. The Morgan fingerprint density at radius 1 is 0.630 bits per heavy atom. The van der Waals surface area contributed by atoms with Gasteiger partial charge in [-0.05, 0) is 0 Å². The summed E-state index contributed by atoms with van der Waals surface area (Å²) >= 11 is -2.91. The molecule has 0 aliphatic rings. The molecular weight excluding hydrogens is 492 g/mol. The molecule has 0 unspecified atom stereocenters. The Kier molecular flexibility index (Phi) is 5.47. The van der Waals surface area contributed by atoms with Crippen molar-refractivity contribution in [2.45, 2.75) is 16.8 Å². The molecule has 132 valence electrons. The summed E-state index contributed by atoms with van der Waals surface area (Å²) in [7, 11) is 0. The van der Waals surface area contributed by atoms with Crippen LogP contribution in [0.2, 0.25) is 9.88 Å². The second-order valence-electron chi connectivity index (χ2n) is 7.62. The molecule has 0 aromatic heterocycles. The zero-order chi connectivity index (χ0) is 18.9. The number of hydrogen-bond donors (Lipinski definition) is 0. The van der Waals surface area contributed by atoms with Crippen LogP contribution in [0, 0.1) is 6.92 Å². The molecule has 0 fully saturated rings. The second kappa shape index (κ2) is 7.84. The molecule has 0 amide bonds. The molecule has 4 aromatic carbocycles. The summed E-state index contributed by atoms with van der Waals surface area (Å²) in [5, 5.41) is 2.78. The zero-order valence-electron chi connectivity index (χ0n) is 16.2. The van der Waals surface area contributed by atoms with E-state index in [2.05, 4.69) is 108 Å². The number of benzene rings is 4. The minimum absolute atomic E-state index is 0.360. The molecule has 0 heterocycles. The van der Waals surface area contributed by atoms with Crippen LogP contribution in [-0.4, -0.2) is 33.8 Å². The Bertz CT molecular complexity index is 1080. The maximum atomic E-state index is 2.55. The van der Waals surface area contributed by atoms with E-state index in [1.54, 1.807) is 21.5 Å². The van der Waals surface area contributed by atoms with Gasteiger partial charge in [-0.15, -0.1) is 0 Å². The first kappa shape index (κ1) is 18.8. The molecule has 2 radical (unpaired) electrons. The van der Waals surface area contributed by atoms with Gasteiger partial charge in [0.05, 0.1) is 0 Å². The Morgan fingerprint density at radius 3 is 2.07 bits per heavy atom. The minimum atomic E-state index is -2.55. The van der Waals surface area contributed by atoms with Gasteiger partial charge in [0.15, 0.2) is 0 Å². The van der Waals surface area contributed by atoms with Crippen molar-refractivity contribution in [1.29, 1.82) is 0 Å². The van der Waals surface area contributed by atoms with E-state index in [1.165, 1.54) is 10.8 Å². The van der Waals surface area contributed by atoms with E-state index < -0.39 is 18.4 Å². The molecule has 27 heavy (non-hydrogen) atoms. The molecule has 0 aliphatic heterocycles. The molecule has 4 aromatic rings. The van der Waals surface area contributed by atoms with Crippen molar-refractivity contribution in [2.24, 2.45) is 0 Å². The van der Waals surface area contributed by atoms with E-state index in [4.69, 9.17) is 0 Å². The van der Waals surface area contributed by atoms with E-state index >= 15 is 0 Å². The molecule has 0 atom stereocenters. The van der Waals surface area contributed by atoms with Crippen LogP contribution in [0.4, 0.5) is 0 Å². The number of hydrogen-bond acceptors (Lipinski definition) is 0. The van der Waals surface area contributed by atoms with Crippen molar-refractivity contribution in [2.75, 3.05) is 0 Å². The third-order valence-electron chi connectivity index (χ3n) is 5.56. The summed E-state index contributed by atoms with van der Waals surface area (Å²) in [6.45, 7) is 2.36. The van der Waals surface area contributed by atoms with Crippen LogP contribution < -0.4 is 16.0 Å². The van der Waals surface area contributed by atoms with Gasteiger partial charge in [0, 0.05) is 0 Å². The molecule has 0 spiro atoms. The maximum absolute atomic E-state index is 2.55. The first-order valence-electron chi connectivity index (χ1n) is 9.48. The topological polar surface area (TPSA) is 0 Å². The van der Waals surface area contributed by atoms with Crippen molar-refractivity contribution in [3.8, 4) is 0 Å². The van der Waals surface area contributed by atoms with Crippen molar-refractivity contribution >= 4 is 60.5 Å². The quantitative estimate of drug-likeness (QED) is 0.364. The molecule has 0 saturated heterocycles. The van der Waals surface area contributed by atoms with Crippen LogP contribution in [0.3, 0.4) is 0 Å². The molecule has 2 heteroatoms. The van der Waals surface area contributed by atoms with Gasteiger partial charge < -0.3 is 0 Å². The molecular formula is C25H24GeSn. The second-order valence-corrected chi connectivity index (χ2v) is 22.9. The van der Waals surface area contributed by atoms with Gasteiger partial charge in [-0.1, -0.05) is 0 Å². The third-order valence-corrected chi connectivity index (χ3v) is 19.2. The Labute approximate surface area is 173 Å². The van der Waals surface area contributed by atoms with E-state index in [1.807, 2.05) is 0 Å². The van der Waals surface area contributed by atoms with Crippen LogP contribution in [-0.2, 0) is 0 Å². The summed E-state index contributed by atoms with van der Waals surface area (Å²) in [5.41, 5.74) is 1.55. The summed E-state index contributed by atoms with van der Waals surface area (Å²) < 4.78 is 6.36. The molecule has 0 nitrogen and oxygen atoms in total. The van der Waals surface area contributed by atoms with Crippen LogP contribution in [0.5, 0.6) is 0 Å². The van der Waals surface area contributed by atoms with Gasteiger partial charge in [0.25, 0.3) is 0 Å². The van der Waals surface area contributed by atoms with E-state index in [0.717, 1.165) is 0 Å². The fourth-order valence-corrected chi connectivity index (χ4v) is 15.8. The van der Waals surface area contributed by atoms with Crippen molar-refractivity contribution < 1.29 is 0 Å². The van der Waals surface area contributed by atoms with Gasteiger partial charge in [0.2, 0.25) is 0 Å². The Balaban J connectivity index is 1.77. The van der Waals surface area contributed by atoms with Gasteiger partial charge >= 0.3 is 174 Å². The van der Waals surface area contributed by atoms with Crippen LogP contribution in [0.1, 0.15) is 5.56 Å². The standard InChI is InChI=1S/C17H13Ge.C6H5.2CH3.Sn/c1-13-7-2-5-11-16(13)18-17-12-6-9-14-8-3-4-10-15(14)17;1-2-4-6-5-3-1;;;/h2-6,8-12H,1H3;1-5H;2*1H3;. The van der Waals surface area contributed by atoms with Crippen molar-refractivity contribution in [1.82, 2.24) is 0 Å². The molecule has 0 saturated carbocycles. The van der Waals surface area contributed by atoms with Crippen molar-refractivity contribution in [3.05, 3.63) is 96.6 Å². The monoisotopic (exact) mass is 518 g/mol. The van der Waals surface area contributed by atoms with Crippen LogP contribution in [0.25, 0.3) is 10.8 Å². The van der Waals surface area contributed by atoms with E-state index in [9.17, 15) is 0 Å². The van der Waals surface area contributed by atoms with Gasteiger partial charge in [-0.25, -0.2) is 0 Å². The molecule has 0 aliphatic carbocycles. The van der Waals surface area contributed by atoms with Gasteiger partial charge in [-0.2, -0.15) is 0 Å².